The smallest absolute Gasteiger partial charge is 0.414 e. The number of carbonyl (C=O) groups is 2. The fourth-order valence-electron chi connectivity index (χ4n) is 3.74. The van der Waals surface area contributed by atoms with Crippen molar-refractivity contribution in [3.05, 3.63) is 93.7 Å². The molecular weight excluding hydrogens is 478 g/mol. The van der Waals surface area contributed by atoms with E-state index in [-0.39, 0.29) is 6.61 Å². The summed E-state index contributed by atoms with van der Waals surface area (Å²) in [5, 5.41) is 4.22. The van der Waals surface area contributed by atoms with Gasteiger partial charge >= 0.3 is 6.09 Å². The molecule has 0 fully saturated rings. The molecule has 9 heteroatoms. The number of amides is 2. The highest BCUT2D eigenvalue weighted by molar-refractivity contribution is 7.23. The van der Waals surface area contributed by atoms with Gasteiger partial charge in [-0.25, -0.2) is 13.6 Å². The molecular formula is C25H18F2N2O3S2. The molecule has 0 saturated carbocycles. The highest BCUT2D eigenvalue weighted by Gasteiger charge is 2.29. The van der Waals surface area contributed by atoms with Gasteiger partial charge < -0.3 is 10.1 Å². The first kappa shape index (κ1) is 22.2. The number of thiophene rings is 2. The molecule has 1 aliphatic rings. The molecule has 1 aliphatic heterocycles. The summed E-state index contributed by atoms with van der Waals surface area (Å²) in [6.45, 7) is 0.554. The number of fused-ring (bicyclic) bond motifs is 3. The molecule has 3 heterocycles. The van der Waals surface area contributed by atoms with Gasteiger partial charge in [0.2, 0.25) is 0 Å². The standard InChI is InChI=1S/C25H18F2N2O3S2/c26-17-7-4-8-18(27)21(17)28-24(30)20-13-16-9-11-29(19-10-12-33-23(19)22(16)34-20)25(31)32-14-15-5-2-1-3-6-15/h1-8,10,12-13H,9,11,14H2,(H,28,30). The summed E-state index contributed by atoms with van der Waals surface area (Å²) in [4.78, 5) is 29.3. The fourth-order valence-corrected chi connectivity index (χ4v) is 5.93. The highest BCUT2D eigenvalue weighted by Crippen LogP contribution is 2.45. The van der Waals surface area contributed by atoms with E-state index in [0.717, 1.165) is 38.7 Å². The van der Waals surface area contributed by atoms with Crippen molar-refractivity contribution >= 4 is 46.0 Å². The zero-order valence-corrected chi connectivity index (χ0v) is 19.3. The van der Waals surface area contributed by atoms with Crippen molar-refractivity contribution in [3.63, 3.8) is 0 Å². The van der Waals surface area contributed by atoms with E-state index in [1.165, 1.54) is 28.7 Å². The third-order valence-electron chi connectivity index (χ3n) is 5.41. The van der Waals surface area contributed by atoms with Gasteiger partial charge in [0.25, 0.3) is 5.91 Å². The van der Waals surface area contributed by atoms with Crippen LogP contribution in [-0.2, 0) is 17.8 Å². The lowest BCUT2D eigenvalue weighted by Gasteiger charge is -2.20. The van der Waals surface area contributed by atoms with Gasteiger partial charge in [0.05, 0.1) is 20.3 Å². The number of ether oxygens (including phenoxy) is 1. The maximum absolute atomic E-state index is 14.0. The summed E-state index contributed by atoms with van der Waals surface area (Å²) >= 11 is 2.69. The van der Waals surface area contributed by atoms with Crippen LogP contribution in [0.15, 0.2) is 66.0 Å². The molecule has 5 nitrogen and oxygen atoms in total. The van der Waals surface area contributed by atoms with Crippen molar-refractivity contribution in [2.24, 2.45) is 0 Å². The van der Waals surface area contributed by atoms with E-state index in [9.17, 15) is 18.4 Å². The van der Waals surface area contributed by atoms with E-state index in [4.69, 9.17) is 4.74 Å². The SMILES string of the molecule is O=C(Nc1c(F)cccc1F)c1cc2c(s1)-c1sccc1N(C(=O)OCc1ccccc1)CC2. The summed E-state index contributed by atoms with van der Waals surface area (Å²) in [6.07, 6.45) is 0.0707. The number of nitrogens with one attached hydrogen (secondary N) is 1. The Balaban J connectivity index is 1.37. The summed E-state index contributed by atoms with van der Waals surface area (Å²) in [7, 11) is 0. The van der Waals surface area contributed by atoms with Gasteiger partial charge in [-0.1, -0.05) is 36.4 Å². The van der Waals surface area contributed by atoms with E-state index in [1.807, 2.05) is 41.8 Å². The minimum atomic E-state index is -0.836. The molecule has 0 radical (unpaired) electrons. The molecule has 2 amide bonds. The molecule has 2 aromatic heterocycles. The third-order valence-corrected chi connectivity index (χ3v) is 7.65. The molecule has 0 unspecified atom stereocenters. The van der Waals surface area contributed by atoms with Crippen LogP contribution in [0.25, 0.3) is 9.75 Å². The number of carbonyl (C=O) groups excluding carboxylic acids is 2. The second-order valence-corrected chi connectivity index (χ2v) is 9.56. The summed E-state index contributed by atoms with van der Waals surface area (Å²) < 4.78 is 33.4. The van der Waals surface area contributed by atoms with Crippen molar-refractivity contribution in [1.82, 2.24) is 0 Å². The third kappa shape index (κ3) is 4.32. The Hall–Kier alpha value is -3.56. The van der Waals surface area contributed by atoms with E-state index in [1.54, 1.807) is 11.0 Å². The summed E-state index contributed by atoms with van der Waals surface area (Å²) in [5.74, 6) is -2.26. The van der Waals surface area contributed by atoms with Crippen molar-refractivity contribution in [1.29, 1.82) is 0 Å². The van der Waals surface area contributed by atoms with Gasteiger partial charge in [-0.3, -0.25) is 9.69 Å². The maximum Gasteiger partial charge on any atom is 0.414 e. The Bertz CT molecular complexity index is 1350. The number of anilines is 2. The molecule has 0 atom stereocenters. The van der Waals surface area contributed by atoms with Gasteiger partial charge in [0, 0.05) is 6.54 Å². The largest absolute Gasteiger partial charge is 0.444 e. The molecule has 0 spiro atoms. The average Bonchev–Trinajstić information content (AvgIpc) is 3.46. The van der Waals surface area contributed by atoms with Crippen LogP contribution in [0.5, 0.6) is 0 Å². The van der Waals surface area contributed by atoms with Crippen molar-refractivity contribution in [3.8, 4) is 9.75 Å². The van der Waals surface area contributed by atoms with E-state index in [0.29, 0.717) is 17.8 Å². The van der Waals surface area contributed by atoms with E-state index in [2.05, 4.69) is 5.32 Å². The zero-order chi connectivity index (χ0) is 23.7. The number of para-hydroxylation sites is 1. The number of halogens is 2. The molecule has 5 rings (SSSR count). The van der Waals surface area contributed by atoms with Crippen LogP contribution < -0.4 is 10.2 Å². The van der Waals surface area contributed by atoms with Crippen LogP contribution in [0.3, 0.4) is 0 Å². The number of hydrogen-bond donors (Lipinski definition) is 1. The first-order chi connectivity index (χ1) is 16.5. The van der Waals surface area contributed by atoms with Crippen molar-refractivity contribution < 1.29 is 23.1 Å². The van der Waals surface area contributed by atoms with Gasteiger partial charge in [-0.15, -0.1) is 22.7 Å². The minimum absolute atomic E-state index is 0.175. The Morgan fingerprint density at radius 2 is 1.76 bits per heavy atom. The second-order valence-electron chi connectivity index (χ2n) is 7.59. The maximum atomic E-state index is 14.0. The van der Waals surface area contributed by atoms with Crippen molar-refractivity contribution in [2.75, 3.05) is 16.8 Å². The molecule has 34 heavy (non-hydrogen) atoms. The topological polar surface area (TPSA) is 58.6 Å². The van der Waals surface area contributed by atoms with Crippen LogP contribution in [0.4, 0.5) is 25.0 Å². The number of nitrogens with zero attached hydrogens (tertiary/aromatic N) is 1. The number of benzene rings is 2. The molecule has 0 aliphatic carbocycles. The quantitative estimate of drug-likeness (QED) is 0.342. The minimum Gasteiger partial charge on any atom is -0.444 e. The fraction of sp³-hybridized carbons (Fsp3) is 0.120. The summed E-state index contributed by atoms with van der Waals surface area (Å²) in [6, 6.07) is 16.4. The monoisotopic (exact) mass is 496 g/mol. The lowest BCUT2D eigenvalue weighted by molar-refractivity contribution is 0.102. The zero-order valence-electron chi connectivity index (χ0n) is 17.7. The molecule has 2 aromatic carbocycles. The summed E-state index contributed by atoms with van der Waals surface area (Å²) in [5.41, 5.74) is 2.04. The van der Waals surface area contributed by atoms with E-state index < -0.39 is 29.3 Å². The van der Waals surface area contributed by atoms with Crippen LogP contribution in [0, 0.1) is 11.6 Å². The highest BCUT2D eigenvalue weighted by atomic mass is 32.1. The number of rotatable bonds is 4. The van der Waals surface area contributed by atoms with Crippen LogP contribution >= 0.6 is 22.7 Å². The Labute approximate surface area is 202 Å². The molecule has 0 bridgehead atoms. The average molecular weight is 497 g/mol. The number of hydrogen-bond acceptors (Lipinski definition) is 5. The molecule has 4 aromatic rings. The normalized spacial score (nSPS) is 12.5. The van der Waals surface area contributed by atoms with Crippen LogP contribution in [-0.4, -0.2) is 18.5 Å². The first-order valence-corrected chi connectivity index (χ1v) is 12.1. The van der Waals surface area contributed by atoms with Gasteiger partial charge in [-0.05, 0) is 47.2 Å². The molecule has 1 N–H and O–H groups in total. The lowest BCUT2D eigenvalue weighted by Crippen LogP contribution is -2.32. The predicted molar refractivity (Wildman–Crippen MR) is 130 cm³/mol. The van der Waals surface area contributed by atoms with Gasteiger partial charge in [0.1, 0.15) is 23.9 Å². The molecule has 172 valence electrons. The molecule has 0 saturated heterocycles. The second kappa shape index (κ2) is 9.36. The van der Waals surface area contributed by atoms with Gasteiger partial charge in [-0.2, -0.15) is 0 Å². The predicted octanol–water partition coefficient (Wildman–Crippen LogP) is 6.71. The van der Waals surface area contributed by atoms with E-state index >= 15 is 0 Å². The van der Waals surface area contributed by atoms with Crippen LogP contribution in [0.2, 0.25) is 0 Å². The Kier molecular flexibility index (Phi) is 6.12. The van der Waals surface area contributed by atoms with Gasteiger partial charge in [0.15, 0.2) is 0 Å². The lowest BCUT2D eigenvalue weighted by atomic mass is 10.1. The Morgan fingerprint density at radius 1 is 1.00 bits per heavy atom. The van der Waals surface area contributed by atoms with Crippen molar-refractivity contribution in [2.45, 2.75) is 13.0 Å². The first-order valence-electron chi connectivity index (χ1n) is 10.5. The Morgan fingerprint density at radius 3 is 2.53 bits per heavy atom. The van der Waals surface area contributed by atoms with Crippen LogP contribution in [0.1, 0.15) is 20.8 Å².